The molecule has 0 fully saturated rings. The number of carbonyl (C=O) groups excluding carboxylic acids is 1. The van der Waals surface area contributed by atoms with Crippen molar-refractivity contribution < 1.29 is 13.9 Å². The van der Waals surface area contributed by atoms with E-state index in [1.807, 2.05) is 0 Å². The van der Waals surface area contributed by atoms with Gasteiger partial charge in [0, 0.05) is 6.42 Å². The van der Waals surface area contributed by atoms with Crippen molar-refractivity contribution in [3.63, 3.8) is 0 Å². The summed E-state index contributed by atoms with van der Waals surface area (Å²) in [6.45, 7) is 0.563. The van der Waals surface area contributed by atoms with Crippen LogP contribution in [0.4, 0.5) is 4.39 Å². The van der Waals surface area contributed by atoms with Gasteiger partial charge in [0.25, 0.3) is 0 Å². The van der Waals surface area contributed by atoms with E-state index in [9.17, 15) is 9.18 Å². The maximum absolute atomic E-state index is 13.0. The molecule has 3 nitrogen and oxygen atoms in total. The predicted octanol–water partition coefficient (Wildman–Crippen LogP) is 2.15. The quantitative estimate of drug-likeness (QED) is 0.596. The zero-order valence-electron chi connectivity index (χ0n) is 9.33. The smallest absolute Gasteiger partial charge is 0.166 e. The summed E-state index contributed by atoms with van der Waals surface area (Å²) in [6.07, 6.45) is 1.88. The Morgan fingerprint density at radius 3 is 2.81 bits per heavy atom. The van der Waals surface area contributed by atoms with E-state index < -0.39 is 5.82 Å². The number of hydrogen-bond acceptors (Lipinski definition) is 3. The second-order valence-corrected chi connectivity index (χ2v) is 3.51. The zero-order valence-corrected chi connectivity index (χ0v) is 9.33. The largest absolute Gasteiger partial charge is 0.496 e. The number of nitrogens with two attached hydrogens (primary N) is 1. The molecular weight excluding hydrogens is 209 g/mol. The van der Waals surface area contributed by atoms with Gasteiger partial charge in [-0.3, -0.25) is 4.79 Å². The van der Waals surface area contributed by atoms with Crippen LogP contribution in [0.5, 0.6) is 5.75 Å². The molecule has 0 radical (unpaired) electrons. The van der Waals surface area contributed by atoms with Crippen LogP contribution in [0, 0.1) is 5.82 Å². The average Bonchev–Trinajstić information content (AvgIpc) is 2.29. The molecule has 0 atom stereocenters. The Balaban J connectivity index is 2.76. The molecule has 0 spiro atoms. The standard InChI is InChI=1S/C12H16FNO2/c1-16-12-6-5-9(13)8-10(12)11(15)4-2-3-7-14/h5-6,8H,2-4,7,14H2,1H3. The molecule has 0 saturated carbocycles. The van der Waals surface area contributed by atoms with Crippen LogP contribution >= 0.6 is 0 Å². The summed E-state index contributed by atoms with van der Waals surface area (Å²) in [4.78, 5) is 11.8. The molecule has 1 rings (SSSR count). The van der Waals surface area contributed by atoms with E-state index in [1.54, 1.807) is 0 Å². The van der Waals surface area contributed by atoms with E-state index in [0.29, 0.717) is 24.3 Å². The Morgan fingerprint density at radius 2 is 2.19 bits per heavy atom. The van der Waals surface area contributed by atoms with Crippen LogP contribution in [0.15, 0.2) is 18.2 Å². The highest BCUT2D eigenvalue weighted by Gasteiger charge is 2.12. The maximum Gasteiger partial charge on any atom is 0.166 e. The fourth-order valence-electron chi connectivity index (χ4n) is 1.46. The van der Waals surface area contributed by atoms with Crippen LogP contribution < -0.4 is 10.5 Å². The second kappa shape index (κ2) is 6.23. The Hall–Kier alpha value is -1.42. The lowest BCUT2D eigenvalue weighted by atomic mass is 10.0. The Labute approximate surface area is 94.4 Å². The number of ether oxygens (including phenoxy) is 1. The first kappa shape index (κ1) is 12.6. The first-order valence-corrected chi connectivity index (χ1v) is 5.26. The highest BCUT2D eigenvalue weighted by atomic mass is 19.1. The van der Waals surface area contributed by atoms with Gasteiger partial charge in [0.2, 0.25) is 0 Å². The third kappa shape index (κ3) is 3.31. The van der Waals surface area contributed by atoms with Crippen LogP contribution in [0.1, 0.15) is 29.6 Å². The molecule has 1 aromatic rings. The maximum atomic E-state index is 13.0. The summed E-state index contributed by atoms with van der Waals surface area (Å²) >= 11 is 0. The molecule has 0 saturated heterocycles. The number of Topliss-reactive ketones (excluding diaryl/α,β-unsaturated/α-hetero) is 1. The van der Waals surface area contributed by atoms with Gasteiger partial charge in [0.15, 0.2) is 5.78 Å². The molecule has 0 heterocycles. The third-order valence-corrected chi connectivity index (χ3v) is 2.32. The van der Waals surface area contributed by atoms with Gasteiger partial charge >= 0.3 is 0 Å². The van der Waals surface area contributed by atoms with E-state index in [1.165, 1.54) is 25.3 Å². The number of rotatable bonds is 6. The molecule has 0 aliphatic heterocycles. The van der Waals surface area contributed by atoms with Crippen molar-refractivity contribution in [3.05, 3.63) is 29.6 Å². The Morgan fingerprint density at radius 1 is 1.44 bits per heavy atom. The van der Waals surface area contributed by atoms with Gasteiger partial charge in [-0.15, -0.1) is 0 Å². The molecule has 4 heteroatoms. The minimum Gasteiger partial charge on any atom is -0.496 e. The Bertz CT molecular complexity index is 366. The van der Waals surface area contributed by atoms with Crippen molar-refractivity contribution in [3.8, 4) is 5.75 Å². The molecule has 0 aliphatic carbocycles. The Kier molecular flexibility index (Phi) is 4.92. The molecule has 0 bridgehead atoms. The van der Waals surface area contributed by atoms with Gasteiger partial charge in [0.1, 0.15) is 11.6 Å². The SMILES string of the molecule is COc1ccc(F)cc1C(=O)CCCCN. The average molecular weight is 225 g/mol. The lowest BCUT2D eigenvalue weighted by Gasteiger charge is -2.07. The first-order chi connectivity index (χ1) is 7.69. The third-order valence-electron chi connectivity index (χ3n) is 2.32. The minimum atomic E-state index is -0.428. The summed E-state index contributed by atoms with van der Waals surface area (Å²) in [6, 6.07) is 3.95. The molecule has 0 unspecified atom stereocenters. The predicted molar refractivity (Wildman–Crippen MR) is 60.2 cm³/mol. The van der Waals surface area contributed by atoms with Crippen molar-refractivity contribution in [2.75, 3.05) is 13.7 Å². The monoisotopic (exact) mass is 225 g/mol. The van der Waals surface area contributed by atoms with Crippen molar-refractivity contribution in [2.45, 2.75) is 19.3 Å². The molecule has 0 aliphatic rings. The lowest BCUT2D eigenvalue weighted by Crippen LogP contribution is -2.05. The van der Waals surface area contributed by atoms with Gasteiger partial charge in [0.05, 0.1) is 12.7 Å². The van der Waals surface area contributed by atoms with E-state index in [0.717, 1.165) is 12.8 Å². The summed E-state index contributed by atoms with van der Waals surface area (Å²) in [5.41, 5.74) is 5.64. The first-order valence-electron chi connectivity index (χ1n) is 5.26. The number of unbranched alkanes of at least 4 members (excludes halogenated alkanes) is 1. The van der Waals surface area contributed by atoms with Gasteiger partial charge < -0.3 is 10.5 Å². The van der Waals surface area contributed by atoms with Gasteiger partial charge in [-0.1, -0.05) is 0 Å². The van der Waals surface area contributed by atoms with Crippen LogP contribution in [-0.4, -0.2) is 19.4 Å². The number of hydrogen-bond donors (Lipinski definition) is 1. The molecule has 16 heavy (non-hydrogen) atoms. The molecule has 2 N–H and O–H groups in total. The normalized spacial score (nSPS) is 10.2. The number of halogens is 1. The summed E-state index contributed by atoms with van der Waals surface area (Å²) in [5.74, 6) is -0.119. The van der Waals surface area contributed by atoms with Crippen molar-refractivity contribution in [2.24, 2.45) is 5.73 Å². The number of carbonyl (C=O) groups is 1. The fourth-order valence-corrected chi connectivity index (χ4v) is 1.46. The summed E-state index contributed by atoms with van der Waals surface area (Å²) < 4.78 is 18.0. The highest BCUT2D eigenvalue weighted by molar-refractivity contribution is 5.98. The second-order valence-electron chi connectivity index (χ2n) is 3.51. The van der Waals surface area contributed by atoms with Crippen molar-refractivity contribution >= 4 is 5.78 Å². The molecule has 88 valence electrons. The number of methoxy groups -OCH3 is 1. The van der Waals surface area contributed by atoms with E-state index in [-0.39, 0.29) is 5.78 Å². The van der Waals surface area contributed by atoms with Gasteiger partial charge in [-0.25, -0.2) is 4.39 Å². The van der Waals surface area contributed by atoms with Crippen LogP contribution in [0.25, 0.3) is 0 Å². The van der Waals surface area contributed by atoms with Crippen molar-refractivity contribution in [1.82, 2.24) is 0 Å². The molecule has 1 aromatic carbocycles. The lowest BCUT2D eigenvalue weighted by molar-refractivity contribution is 0.0976. The molecule has 0 aromatic heterocycles. The summed E-state index contributed by atoms with van der Waals surface area (Å²) in [7, 11) is 1.46. The van der Waals surface area contributed by atoms with E-state index >= 15 is 0 Å². The molecule has 0 amide bonds. The minimum absolute atomic E-state index is 0.107. The summed E-state index contributed by atoms with van der Waals surface area (Å²) in [5, 5.41) is 0. The zero-order chi connectivity index (χ0) is 12.0. The van der Waals surface area contributed by atoms with Gasteiger partial charge in [-0.2, -0.15) is 0 Å². The van der Waals surface area contributed by atoms with Crippen LogP contribution in [0.3, 0.4) is 0 Å². The van der Waals surface area contributed by atoms with Crippen LogP contribution in [0.2, 0.25) is 0 Å². The van der Waals surface area contributed by atoms with Gasteiger partial charge in [-0.05, 0) is 37.6 Å². The number of ketones is 1. The van der Waals surface area contributed by atoms with E-state index in [4.69, 9.17) is 10.5 Å². The van der Waals surface area contributed by atoms with Crippen LogP contribution in [-0.2, 0) is 0 Å². The van der Waals surface area contributed by atoms with Crippen molar-refractivity contribution in [1.29, 1.82) is 0 Å². The van der Waals surface area contributed by atoms with E-state index in [2.05, 4.69) is 0 Å². The topological polar surface area (TPSA) is 52.3 Å². The number of benzene rings is 1. The molecular formula is C12H16FNO2. The highest BCUT2D eigenvalue weighted by Crippen LogP contribution is 2.21. The fraction of sp³-hybridized carbons (Fsp3) is 0.417.